The Morgan fingerprint density at radius 3 is 2.55 bits per heavy atom. The van der Waals surface area contributed by atoms with Gasteiger partial charge >= 0.3 is 0 Å². The molecule has 148 valence electrons. The molecule has 0 fully saturated rings. The molecule has 1 unspecified atom stereocenters. The largest absolute Gasteiger partial charge is 0.507 e. The van der Waals surface area contributed by atoms with E-state index in [1.54, 1.807) is 18.5 Å². The van der Waals surface area contributed by atoms with Crippen molar-refractivity contribution < 1.29 is 5.11 Å². The summed E-state index contributed by atoms with van der Waals surface area (Å²) in [7, 11) is 4.14. The topological polar surface area (TPSA) is 69.2 Å². The summed E-state index contributed by atoms with van der Waals surface area (Å²) in [5.74, 6) is 0.611. The number of pyridine rings is 2. The minimum atomic E-state index is -0.173. The highest BCUT2D eigenvalue weighted by Crippen LogP contribution is 2.40. The number of fused-ring (bicyclic) bond motifs is 3. The molecule has 0 bridgehead atoms. The second-order valence-electron chi connectivity index (χ2n) is 8.00. The average molecular weight is 387 g/mol. The number of nitrogens with zero attached hydrogens (tertiary/aromatic N) is 2. The number of hydrogen-bond donors (Lipinski definition) is 2. The third kappa shape index (κ3) is 3.38. The monoisotopic (exact) mass is 387 g/mol. The zero-order chi connectivity index (χ0) is 20.7. The lowest BCUT2D eigenvalue weighted by Crippen LogP contribution is -2.18. The molecule has 5 heteroatoms. The molecule has 1 atom stereocenters. The van der Waals surface area contributed by atoms with Crippen molar-refractivity contribution in [1.82, 2.24) is 14.9 Å². The highest BCUT2D eigenvalue weighted by Gasteiger charge is 2.17. The van der Waals surface area contributed by atoms with Crippen LogP contribution in [0.3, 0.4) is 0 Å². The number of nitrogens with one attached hydrogen (secondary N) is 1. The first kappa shape index (κ1) is 19.2. The van der Waals surface area contributed by atoms with E-state index >= 15 is 0 Å². The van der Waals surface area contributed by atoms with Gasteiger partial charge in [0.1, 0.15) is 5.75 Å². The van der Waals surface area contributed by atoms with Gasteiger partial charge in [-0.15, -0.1) is 0 Å². The van der Waals surface area contributed by atoms with E-state index in [2.05, 4.69) is 48.0 Å². The van der Waals surface area contributed by atoms with Crippen LogP contribution in [-0.4, -0.2) is 40.6 Å². The zero-order valence-corrected chi connectivity index (χ0v) is 17.2. The van der Waals surface area contributed by atoms with Gasteiger partial charge in [-0.2, -0.15) is 0 Å². The Morgan fingerprint density at radius 1 is 1.14 bits per heavy atom. The minimum absolute atomic E-state index is 0.173. The van der Waals surface area contributed by atoms with Gasteiger partial charge < -0.3 is 15.0 Å². The normalized spacial score (nSPS) is 12.7. The van der Waals surface area contributed by atoms with Crippen molar-refractivity contribution in [3.8, 4) is 16.9 Å². The zero-order valence-electron chi connectivity index (χ0n) is 17.2. The number of aryl methyl sites for hydroxylation is 1. The Labute approximate surface area is 169 Å². The summed E-state index contributed by atoms with van der Waals surface area (Å²) in [6.07, 6.45) is 3.25. The van der Waals surface area contributed by atoms with Crippen LogP contribution < -0.4 is 5.56 Å². The molecule has 0 spiro atoms. The molecule has 5 nitrogen and oxygen atoms in total. The van der Waals surface area contributed by atoms with Crippen molar-refractivity contribution in [2.24, 2.45) is 0 Å². The van der Waals surface area contributed by atoms with Crippen molar-refractivity contribution in [3.05, 3.63) is 70.3 Å². The van der Waals surface area contributed by atoms with E-state index in [1.165, 1.54) is 5.56 Å². The molecule has 0 saturated carbocycles. The fourth-order valence-corrected chi connectivity index (χ4v) is 4.13. The van der Waals surface area contributed by atoms with Crippen LogP contribution in [0.2, 0.25) is 0 Å². The van der Waals surface area contributed by atoms with Crippen molar-refractivity contribution in [1.29, 1.82) is 0 Å². The minimum Gasteiger partial charge on any atom is -0.507 e. The number of likely N-dealkylation sites (N-methyl/N-ethyl adjacent to an activating group) is 1. The lowest BCUT2D eigenvalue weighted by molar-refractivity contribution is 0.383. The molecule has 0 radical (unpaired) electrons. The molecule has 4 rings (SSSR count). The van der Waals surface area contributed by atoms with Gasteiger partial charge in [0, 0.05) is 35.3 Å². The van der Waals surface area contributed by atoms with Gasteiger partial charge in [0.25, 0.3) is 5.56 Å². The number of hydrogen-bond acceptors (Lipinski definition) is 4. The summed E-state index contributed by atoms with van der Waals surface area (Å²) >= 11 is 0. The number of H-pyrrole nitrogens is 1. The van der Waals surface area contributed by atoms with Crippen LogP contribution in [0.15, 0.2) is 53.6 Å². The van der Waals surface area contributed by atoms with Crippen molar-refractivity contribution in [2.45, 2.75) is 19.8 Å². The first-order valence-corrected chi connectivity index (χ1v) is 9.74. The third-order valence-corrected chi connectivity index (χ3v) is 5.48. The number of phenolic OH excluding ortho intramolecular Hbond substituents is 1. The molecule has 0 amide bonds. The summed E-state index contributed by atoms with van der Waals surface area (Å²) in [6, 6.07) is 11.9. The fourth-order valence-electron chi connectivity index (χ4n) is 4.13. The van der Waals surface area contributed by atoms with Gasteiger partial charge in [0.15, 0.2) is 0 Å². The molecule has 0 aliphatic heterocycles. The van der Waals surface area contributed by atoms with Crippen LogP contribution in [-0.2, 0) is 0 Å². The lowest BCUT2D eigenvalue weighted by atomic mass is 9.92. The summed E-state index contributed by atoms with van der Waals surface area (Å²) in [5, 5.41) is 13.0. The molecule has 0 aliphatic rings. The van der Waals surface area contributed by atoms with Gasteiger partial charge in [-0.1, -0.05) is 31.2 Å². The first-order valence-electron chi connectivity index (χ1n) is 9.74. The molecule has 0 aliphatic carbocycles. The van der Waals surface area contributed by atoms with E-state index in [0.29, 0.717) is 11.3 Å². The van der Waals surface area contributed by atoms with E-state index in [9.17, 15) is 9.90 Å². The number of phenols is 1. The standard InChI is InChI=1S/C24H25N3O2/c1-14-11-20(28)21(17-7-5-16(6-8-17)15(2)13-27(3)4)22-18-9-10-25-12-19(18)24(29)26-23(14)22/h5-12,15,28H,13H2,1-4H3,(H,26,29). The number of aromatic amines is 1. The van der Waals surface area contributed by atoms with Crippen molar-refractivity contribution in [2.75, 3.05) is 20.6 Å². The highest BCUT2D eigenvalue weighted by molar-refractivity contribution is 6.14. The molecule has 4 aromatic rings. The number of rotatable bonds is 4. The van der Waals surface area contributed by atoms with Crippen LogP contribution >= 0.6 is 0 Å². The predicted octanol–water partition coefficient (Wildman–Crippen LogP) is 4.42. The van der Waals surface area contributed by atoms with Gasteiger partial charge in [-0.05, 0) is 55.8 Å². The quantitative estimate of drug-likeness (QED) is 0.509. The summed E-state index contributed by atoms with van der Waals surface area (Å²) in [5.41, 5.74) is 4.29. The van der Waals surface area contributed by atoms with E-state index in [-0.39, 0.29) is 11.3 Å². The fraction of sp³-hybridized carbons (Fsp3) is 0.250. The van der Waals surface area contributed by atoms with Crippen LogP contribution in [0.4, 0.5) is 0 Å². The Morgan fingerprint density at radius 2 is 1.86 bits per heavy atom. The van der Waals surface area contributed by atoms with Crippen LogP contribution in [0.1, 0.15) is 24.0 Å². The van der Waals surface area contributed by atoms with E-state index in [4.69, 9.17) is 0 Å². The SMILES string of the molecule is Cc1cc(O)c(-c2ccc(C(C)CN(C)C)cc2)c2c1[nH]c(=O)c1cnccc12. The molecule has 0 saturated heterocycles. The predicted molar refractivity (Wildman–Crippen MR) is 119 cm³/mol. The van der Waals surface area contributed by atoms with E-state index < -0.39 is 0 Å². The van der Waals surface area contributed by atoms with Gasteiger partial charge in [0.2, 0.25) is 0 Å². The van der Waals surface area contributed by atoms with Crippen LogP contribution in [0.5, 0.6) is 5.75 Å². The third-order valence-electron chi connectivity index (χ3n) is 5.48. The maximum absolute atomic E-state index is 12.5. The smallest absolute Gasteiger partial charge is 0.257 e. The summed E-state index contributed by atoms with van der Waals surface area (Å²) in [4.78, 5) is 21.8. The number of aromatic hydroxyl groups is 1. The molecule has 2 aromatic carbocycles. The molecule has 29 heavy (non-hydrogen) atoms. The Balaban J connectivity index is 1.97. The second-order valence-corrected chi connectivity index (χ2v) is 8.00. The summed E-state index contributed by atoms with van der Waals surface area (Å²) < 4.78 is 0. The average Bonchev–Trinajstić information content (AvgIpc) is 2.69. The Hall–Kier alpha value is -3.18. The Kier molecular flexibility index (Phi) is 4.84. The maximum atomic E-state index is 12.5. The molecule has 2 aromatic heterocycles. The number of aromatic nitrogens is 2. The lowest BCUT2D eigenvalue weighted by Gasteiger charge is -2.18. The molecule has 2 heterocycles. The van der Waals surface area contributed by atoms with Gasteiger partial charge in [0.05, 0.1) is 10.9 Å². The maximum Gasteiger partial charge on any atom is 0.257 e. The molecular weight excluding hydrogens is 362 g/mol. The summed E-state index contributed by atoms with van der Waals surface area (Å²) in [6.45, 7) is 5.07. The highest BCUT2D eigenvalue weighted by atomic mass is 16.3. The Bertz CT molecular complexity index is 1260. The van der Waals surface area contributed by atoms with Crippen LogP contribution in [0.25, 0.3) is 32.8 Å². The van der Waals surface area contributed by atoms with Crippen molar-refractivity contribution in [3.63, 3.8) is 0 Å². The molecule has 2 N–H and O–H groups in total. The van der Waals surface area contributed by atoms with E-state index in [1.807, 2.05) is 25.1 Å². The van der Waals surface area contributed by atoms with Gasteiger partial charge in [-0.3, -0.25) is 9.78 Å². The first-order chi connectivity index (χ1) is 13.9. The number of benzene rings is 2. The molecular formula is C24H25N3O2. The van der Waals surface area contributed by atoms with E-state index in [0.717, 1.165) is 39.5 Å². The second kappa shape index (κ2) is 7.33. The van der Waals surface area contributed by atoms with Gasteiger partial charge in [-0.25, -0.2) is 0 Å². The van der Waals surface area contributed by atoms with Crippen molar-refractivity contribution >= 4 is 21.7 Å². The van der Waals surface area contributed by atoms with Crippen LogP contribution in [0, 0.1) is 6.92 Å².